The van der Waals surface area contributed by atoms with Crippen molar-refractivity contribution in [1.29, 1.82) is 0 Å². The number of carbonyl (C=O) groups is 1. The zero-order valence-electron chi connectivity index (χ0n) is 11.3. The molecule has 0 heterocycles. The van der Waals surface area contributed by atoms with Crippen LogP contribution in [0.15, 0.2) is 0 Å². The molecule has 4 heteroatoms. The third-order valence-corrected chi connectivity index (χ3v) is 3.01. The van der Waals surface area contributed by atoms with Gasteiger partial charge in [0.2, 0.25) is 0 Å². The predicted octanol–water partition coefficient (Wildman–Crippen LogP) is 3.84. The first-order valence-electron chi connectivity index (χ1n) is 5.87. The second-order valence-electron chi connectivity index (χ2n) is 4.79. The van der Waals surface area contributed by atoms with Crippen LogP contribution in [0.3, 0.4) is 0 Å². The van der Waals surface area contributed by atoms with Crippen LogP contribution < -0.4 is 0 Å². The van der Waals surface area contributed by atoms with Crippen LogP contribution in [0.5, 0.6) is 0 Å². The van der Waals surface area contributed by atoms with Gasteiger partial charge in [0.1, 0.15) is 11.2 Å². The number of hydrogen-bond acceptors (Lipinski definition) is 4. The Kier molecular flexibility index (Phi) is 5.79. The first-order valence-corrected chi connectivity index (χ1v) is 5.87. The van der Waals surface area contributed by atoms with Gasteiger partial charge in [-0.3, -0.25) is 4.89 Å². The molecule has 0 aromatic rings. The summed E-state index contributed by atoms with van der Waals surface area (Å²) in [4.78, 5) is 21.0. The van der Waals surface area contributed by atoms with Crippen molar-refractivity contribution in [3.8, 4) is 0 Å². The van der Waals surface area contributed by atoms with Crippen LogP contribution in [-0.4, -0.2) is 17.4 Å². The number of ether oxygens (including phenoxy) is 1. The fraction of sp³-hybridized carbons (Fsp3) is 0.917. The van der Waals surface area contributed by atoms with Gasteiger partial charge in [-0.2, -0.15) is 4.89 Å². The number of rotatable bonds is 6. The molecule has 4 nitrogen and oxygen atoms in total. The maximum Gasteiger partial charge on any atom is 0.541 e. The minimum absolute atomic E-state index is 0.475. The van der Waals surface area contributed by atoms with Gasteiger partial charge < -0.3 is 4.74 Å². The van der Waals surface area contributed by atoms with E-state index in [1.54, 1.807) is 0 Å². The van der Waals surface area contributed by atoms with Crippen LogP contribution in [0.25, 0.3) is 0 Å². The largest absolute Gasteiger partial charge is 0.541 e. The topological polar surface area (TPSA) is 44.8 Å². The van der Waals surface area contributed by atoms with Crippen LogP contribution in [0, 0.1) is 0 Å². The third kappa shape index (κ3) is 5.35. The van der Waals surface area contributed by atoms with Crippen molar-refractivity contribution in [2.75, 3.05) is 0 Å². The van der Waals surface area contributed by atoms with Gasteiger partial charge in [-0.1, -0.05) is 20.8 Å². The van der Waals surface area contributed by atoms with E-state index < -0.39 is 17.4 Å². The molecule has 0 bridgehead atoms. The minimum Gasteiger partial charge on any atom is -0.426 e. The number of carbonyl (C=O) groups excluding carboxylic acids is 1. The van der Waals surface area contributed by atoms with E-state index in [0.29, 0.717) is 0 Å². The maximum atomic E-state index is 11.4. The Morgan fingerprint density at radius 1 is 1.00 bits per heavy atom. The molecule has 0 aromatic carbocycles. The minimum atomic E-state index is -0.771. The quantitative estimate of drug-likeness (QED) is 0.396. The van der Waals surface area contributed by atoms with Gasteiger partial charge >= 0.3 is 6.16 Å². The molecule has 96 valence electrons. The molecule has 0 rings (SSSR count). The molecule has 0 aliphatic rings. The van der Waals surface area contributed by atoms with Crippen molar-refractivity contribution in [2.45, 2.75) is 72.0 Å². The molecule has 16 heavy (non-hydrogen) atoms. The molecule has 0 fully saturated rings. The third-order valence-electron chi connectivity index (χ3n) is 3.01. The first kappa shape index (κ1) is 15.2. The Labute approximate surface area is 98.2 Å². The van der Waals surface area contributed by atoms with Gasteiger partial charge in [-0.15, -0.1) is 0 Å². The molecule has 0 aromatic heterocycles. The highest BCUT2D eigenvalue weighted by Crippen LogP contribution is 2.21. The van der Waals surface area contributed by atoms with Crippen LogP contribution in [-0.2, 0) is 14.5 Å². The maximum absolute atomic E-state index is 11.4. The number of hydrogen-bond donors (Lipinski definition) is 0. The van der Waals surface area contributed by atoms with Gasteiger partial charge in [0.05, 0.1) is 0 Å². The summed E-state index contributed by atoms with van der Waals surface area (Å²) < 4.78 is 5.19. The van der Waals surface area contributed by atoms with Crippen molar-refractivity contribution in [1.82, 2.24) is 0 Å². The lowest BCUT2D eigenvalue weighted by molar-refractivity contribution is -0.322. The Morgan fingerprint density at radius 3 is 1.88 bits per heavy atom. The van der Waals surface area contributed by atoms with E-state index in [4.69, 9.17) is 9.62 Å². The molecule has 0 spiro atoms. The lowest BCUT2D eigenvalue weighted by Crippen LogP contribution is -2.32. The zero-order valence-corrected chi connectivity index (χ0v) is 11.3. The lowest BCUT2D eigenvalue weighted by atomic mass is 10.0. The second kappa shape index (κ2) is 6.09. The fourth-order valence-electron chi connectivity index (χ4n) is 0.818. The average Bonchev–Trinajstić information content (AvgIpc) is 2.26. The van der Waals surface area contributed by atoms with E-state index in [2.05, 4.69) is 4.89 Å². The van der Waals surface area contributed by atoms with Crippen molar-refractivity contribution in [2.24, 2.45) is 0 Å². The molecule has 0 amide bonds. The lowest BCUT2D eigenvalue weighted by Gasteiger charge is -2.27. The molecular formula is C12H24O4. The monoisotopic (exact) mass is 232 g/mol. The summed E-state index contributed by atoms with van der Waals surface area (Å²) in [6.07, 6.45) is 1.47. The summed E-state index contributed by atoms with van der Waals surface area (Å²) in [5.41, 5.74) is -0.954. The smallest absolute Gasteiger partial charge is 0.426 e. The highest BCUT2D eigenvalue weighted by Gasteiger charge is 2.27. The molecule has 0 radical (unpaired) electrons. The van der Waals surface area contributed by atoms with Gasteiger partial charge in [-0.05, 0) is 40.0 Å². The van der Waals surface area contributed by atoms with Gasteiger partial charge in [0.25, 0.3) is 0 Å². The normalized spacial score (nSPS) is 12.4. The van der Waals surface area contributed by atoms with E-state index in [-0.39, 0.29) is 0 Å². The van der Waals surface area contributed by atoms with Crippen molar-refractivity contribution >= 4 is 6.16 Å². The molecule has 0 N–H and O–H groups in total. The Hall–Kier alpha value is -0.770. The van der Waals surface area contributed by atoms with E-state index in [9.17, 15) is 4.79 Å². The van der Waals surface area contributed by atoms with Crippen LogP contribution in [0.1, 0.15) is 60.8 Å². The summed E-state index contributed by atoms with van der Waals surface area (Å²) in [5, 5.41) is 0. The highest BCUT2D eigenvalue weighted by molar-refractivity contribution is 5.59. The Morgan fingerprint density at radius 2 is 1.50 bits per heavy atom. The summed E-state index contributed by atoms with van der Waals surface area (Å²) in [6.45, 7) is 11.5. The fourth-order valence-corrected chi connectivity index (χ4v) is 0.818. The molecule has 0 unspecified atom stereocenters. The van der Waals surface area contributed by atoms with Crippen LogP contribution in [0.2, 0.25) is 0 Å². The van der Waals surface area contributed by atoms with Crippen molar-refractivity contribution < 1.29 is 19.3 Å². The summed E-state index contributed by atoms with van der Waals surface area (Å²) in [6, 6.07) is 0. The summed E-state index contributed by atoms with van der Waals surface area (Å²) in [7, 11) is 0. The predicted molar refractivity (Wildman–Crippen MR) is 62.0 cm³/mol. The van der Waals surface area contributed by atoms with Crippen molar-refractivity contribution in [3.05, 3.63) is 0 Å². The van der Waals surface area contributed by atoms with Crippen LogP contribution in [0.4, 0.5) is 4.79 Å². The summed E-state index contributed by atoms with van der Waals surface area (Å²) in [5.74, 6) is 0. The average molecular weight is 232 g/mol. The molecule has 0 aliphatic carbocycles. The van der Waals surface area contributed by atoms with Gasteiger partial charge in [-0.25, -0.2) is 4.79 Å². The SMILES string of the molecule is CCC(C)(C)OOC(=O)OC(C)(CC)CC. The van der Waals surface area contributed by atoms with Crippen LogP contribution >= 0.6 is 0 Å². The van der Waals surface area contributed by atoms with Gasteiger partial charge in [0.15, 0.2) is 0 Å². The second-order valence-corrected chi connectivity index (χ2v) is 4.79. The Bertz CT molecular complexity index is 219. The van der Waals surface area contributed by atoms with E-state index >= 15 is 0 Å². The van der Waals surface area contributed by atoms with Gasteiger partial charge in [0, 0.05) is 0 Å². The standard InChI is InChI=1S/C12H24O4/c1-7-11(4,5)16-15-10(13)14-12(6,8-2)9-3/h7-9H2,1-6H3. The summed E-state index contributed by atoms with van der Waals surface area (Å²) >= 11 is 0. The Balaban J connectivity index is 4.09. The zero-order chi connectivity index (χ0) is 12.8. The molecule has 0 atom stereocenters. The molecular weight excluding hydrogens is 208 g/mol. The molecule has 0 saturated heterocycles. The molecule has 0 aliphatic heterocycles. The first-order chi connectivity index (χ1) is 7.28. The van der Waals surface area contributed by atoms with Crippen molar-refractivity contribution in [3.63, 3.8) is 0 Å². The highest BCUT2D eigenvalue weighted by atomic mass is 17.2. The van der Waals surface area contributed by atoms with E-state index in [0.717, 1.165) is 19.3 Å². The van der Waals surface area contributed by atoms with E-state index in [1.165, 1.54) is 0 Å². The van der Waals surface area contributed by atoms with E-state index in [1.807, 2.05) is 41.5 Å². The molecule has 0 saturated carbocycles.